The van der Waals surface area contributed by atoms with Crippen LogP contribution in [0.2, 0.25) is 0 Å². The fraction of sp³-hybridized carbons (Fsp3) is 0.421. The molecule has 2 fully saturated rings. The van der Waals surface area contributed by atoms with Crippen molar-refractivity contribution in [2.24, 2.45) is 0 Å². The third-order valence-electron chi connectivity index (χ3n) is 4.80. The van der Waals surface area contributed by atoms with Crippen molar-refractivity contribution in [2.75, 3.05) is 41.7 Å². The Labute approximate surface area is 168 Å². The van der Waals surface area contributed by atoms with Crippen molar-refractivity contribution in [3.63, 3.8) is 0 Å². The Kier molecular flexibility index (Phi) is 6.41. The molecular weight excluding hydrogens is 383 g/mol. The van der Waals surface area contributed by atoms with Gasteiger partial charge >= 0.3 is 6.09 Å². The third kappa shape index (κ3) is 4.57. The molecule has 0 aromatic heterocycles. The van der Waals surface area contributed by atoms with Crippen molar-refractivity contribution >= 4 is 36.0 Å². The summed E-state index contributed by atoms with van der Waals surface area (Å²) in [5.41, 5.74) is 1.97. The molecule has 1 unspecified atom stereocenters. The average Bonchev–Trinajstić information content (AvgIpc) is 3.07. The summed E-state index contributed by atoms with van der Waals surface area (Å²) >= 11 is 3.87. The number of carbonyl (C=O) groups is 2. The van der Waals surface area contributed by atoms with E-state index in [-0.39, 0.29) is 24.7 Å². The van der Waals surface area contributed by atoms with E-state index in [2.05, 4.69) is 17.9 Å². The number of benzene rings is 1. The number of ether oxygens (including phenoxy) is 1. The molecule has 1 N–H and O–H groups in total. The number of hydrogen-bond acceptors (Lipinski definition) is 6. The van der Waals surface area contributed by atoms with Gasteiger partial charge in [-0.2, -0.15) is 17.9 Å². The highest BCUT2D eigenvalue weighted by molar-refractivity contribution is 7.81. The van der Waals surface area contributed by atoms with Gasteiger partial charge in [-0.3, -0.25) is 9.69 Å². The minimum absolute atomic E-state index is 0.0569. The molecule has 2 aliphatic heterocycles. The molecule has 0 radical (unpaired) electrons. The summed E-state index contributed by atoms with van der Waals surface area (Å²) in [6, 6.07) is 6.71. The summed E-state index contributed by atoms with van der Waals surface area (Å²) in [6.45, 7) is 1.70. The highest BCUT2D eigenvalue weighted by Gasteiger charge is 2.33. The van der Waals surface area contributed by atoms with Gasteiger partial charge in [0, 0.05) is 19.2 Å². The molecule has 1 aromatic rings. The lowest BCUT2D eigenvalue weighted by atomic mass is 10.0. The largest absolute Gasteiger partial charge is 0.442 e. The predicted molar refractivity (Wildman–Crippen MR) is 106 cm³/mol. The molecule has 1 atom stereocenters. The number of cyclic esters (lactones) is 1. The summed E-state index contributed by atoms with van der Waals surface area (Å²) in [7, 11) is 0. The van der Waals surface area contributed by atoms with Gasteiger partial charge in [0.15, 0.2) is 0 Å². The van der Waals surface area contributed by atoms with Gasteiger partial charge in [-0.05, 0) is 31.0 Å². The van der Waals surface area contributed by atoms with Gasteiger partial charge in [0.2, 0.25) is 5.91 Å². The van der Waals surface area contributed by atoms with Crippen LogP contribution >= 0.6 is 12.6 Å². The zero-order valence-corrected chi connectivity index (χ0v) is 16.1. The lowest BCUT2D eigenvalue weighted by Crippen LogP contribution is -2.35. The summed E-state index contributed by atoms with van der Waals surface area (Å²) < 4.78 is 19.9. The van der Waals surface area contributed by atoms with Gasteiger partial charge in [0.05, 0.1) is 36.3 Å². The molecule has 28 heavy (non-hydrogen) atoms. The molecule has 0 bridgehead atoms. The Morgan fingerprint density at radius 3 is 2.82 bits per heavy atom. The SMILES string of the molecule is N#CC=C1CCN(c2ccc(N3CC(CNC(=O)CS)OC3=O)cc2F)CC1. The number of nitriles is 1. The quantitative estimate of drug-likeness (QED) is 0.581. The molecule has 2 saturated heterocycles. The van der Waals surface area contributed by atoms with Gasteiger partial charge in [0.25, 0.3) is 0 Å². The number of anilines is 2. The number of nitrogens with zero attached hydrogens (tertiary/aromatic N) is 3. The topological polar surface area (TPSA) is 85.7 Å². The first-order valence-electron chi connectivity index (χ1n) is 8.99. The van der Waals surface area contributed by atoms with E-state index in [0.717, 1.165) is 18.4 Å². The van der Waals surface area contributed by atoms with Crippen molar-refractivity contribution in [2.45, 2.75) is 18.9 Å². The van der Waals surface area contributed by atoms with Crippen molar-refractivity contribution in [1.82, 2.24) is 5.32 Å². The van der Waals surface area contributed by atoms with Crippen LogP contribution in [-0.4, -0.2) is 50.0 Å². The number of halogens is 1. The first-order valence-corrected chi connectivity index (χ1v) is 9.62. The second-order valence-electron chi connectivity index (χ2n) is 6.63. The van der Waals surface area contributed by atoms with Crippen LogP contribution in [0.4, 0.5) is 20.6 Å². The summed E-state index contributed by atoms with van der Waals surface area (Å²) in [5.74, 6) is -0.603. The number of allylic oxidation sites excluding steroid dienone is 1. The Hall–Kier alpha value is -2.73. The number of carbonyl (C=O) groups excluding carboxylic acids is 2. The standard InChI is InChI=1S/C19H21FN4O3S/c20-16-9-14(24-11-15(27-19(24)26)10-22-18(25)12-28)1-2-17(16)23-7-4-13(3-6-21)5-8-23/h1-3,9,15,28H,4-5,7-8,10-12H2,(H,22,25). The summed E-state index contributed by atoms with van der Waals surface area (Å²) in [4.78, 5) is 26.7. The predicted octanol–water partition coefficient (Wildman–Crippen LogP) is 2.25. The van der Waals surface area contributed by atoms with Crippen LogP contribution in [0, 0.1) is 17.1 Å². The molecule has 2 heterocycles. The van der Waals surface area contributed by atoms with Gasteiger partial charge in [-0.15, -0.1) is 0 Å². The fourth-order valence-electron chi connectivity index (χ4n) is 3.31. The molecule has 148 valence electrons. The van der Waals surface area contributed by atoms with Crippen molar-refractivity contribution < 1.29 is 18.7 Å². The number of amides is 2. The van der Waals surface area contributed by atoms with E-state index in [9.17, 15) is 14.0 Å². The maximum absolute atomic E-state index is 14.7. The Balaban J connectivity index is 1.64. The van der Waals surface area contributed by atoms with Crippen LogP contribution in [0.3, 0.4) is 0 Å². The summed E-state index contributed by atoms with van der Waals surface area (Å²) in [5, 5.41) is 11.3. The smallest absolute Gasteiger partial charge is 0.414 e. The van der Waals surface area contributed by atoms with Crippen LogP contribution < -0.4 is 15.1 Å². The first-order chi connectivity index (χ1) is 13.5. The van der Waals surface area contributed by atoms with Gasteiger partial charge < -0.3 is 15.0 Å². The molecular formula is C19H21FN4O3S. The zero-order chi connectivity index (χ0) is 20.1. The molecule has 0 aliphatic carbocycles. The first kappa shape index (κ1) is 20.0. The number of rotatable bonds is 5. The number of hydrogen-bond donors (Lipinski definition) is 2. The van der Waals surface area contributed by atoms with E-state index >= 15 is 0 Å². The average molecular weight is 404 g/mol. The minimum atomic E-state index is -0.568. The maximum Gasteiger partial charge on any atom is 0.414 e. The van der Waals surface area contributed by atoms with Crippen LogP contribution in [0.25, 0.3) is 0 Å². The Morgan fingerprint density at radius 2 is 2.18 bits per heavy atom. The van der Waals surface area contributed by atoms with E-state index in [0.29, 0.717) is 24.5 Å². The molecule has 3 rings (SSSR count). The van der Waals surface area contributed by atoms with Gasteiger partial charge in [-0.1, -0.05) is 5.57 Å². The second-order valence-corrected chi connectivity index (χ2v) is 6.95. The van der Waals surface area contributed by atoms with Crippen LogP contribution in [-0.2, 0) is 9.53 Å². The zero-order valence-electron chi connectivity index (χ0n) is 15.2. The van der Waals surface area contributed by atoms with Gasteiger partial charge in [0.1, 0.15) is 11.9 Å². The minimum Gasteiger partial charge on any atom is -0.442 e. The molecule has 2 amide bonds. The second kappa shape index (κ2) is 8.97. The molecule has 0 spiro atoms. The maximum atomic E-state index is 14.7. The van der Waals surface area contributed by atoms with Crippen molar-refractivity contribution in [1.29, 1.82) is 5.26 Å². The van der Waals surface area contributed by atoms with E-state index in [1.807, 2.05) is 11.0 Å². The molecule has 0 saturated carbocycles. The number of thiol groups is 1. The van der Waals surface area contributed by atoms with Crippen LogP contribution in [0.1, 0.15) is 12.8 Å². The lowest BCUT2D eigenvalue weighted by Gasteiger charge is -2.30. The van der Waals surface area contributed by atoms with E-state index in [1.165, 1.54) is 11.0 Å². The van der Waals surface area contributed by atoms with Crippen LogP contribution in [0.5, 0.6) is 0 Å². The molecule has 2 aliphatic rings. The highest BCUT2D eigenvalue weighted by atomic mass is 32.1. The number of piperidine rings is 1. The summed E-state index contributed by atoms with van der Waals surface area (Å²) in [6.07, 6.45) is 1.96. The van der Waals surface area contributed by atoms with Crippen molar-refractivity contribution in [3.05, 3.63) is 35.7 Å². The van der Waals surface area contributed by atoms with Crippen molar-refractivity contribution in [3.8, 4) is 6.07 Å². The lowest BCUT2D eigenvalue weighted by molar-refractivity contribution is -0.118. The molecule has 1 aromatic carbocycles. The fourth-order valence-corrected chi connectivity index (χ4v) is 3.42. The molecule has 9 heteroatoms. The van der Waals surface area contributed by atoms with E-state index < -0.39 is 18.0 Å². The molecule has 7 nitrogen and oxygen atoms in total. The van der Waals surface area contributed by atoms with Gasteiger partial charge in [-0.25, -0.2) is 9.18 Å². The number of nitrogens with one attached hydrogen (secondary N) is 1. The normalized spacial score (nSPS) is 19.2. The third-order valence-corrected chi connectivity index (χ3v) is 5.09. The van der Waals surface area contributed by atoms with Crippen LogP contribution in [0.15, 0.2) is 29.8 Å². The van der Waals surface area contributed by atoms with E-state index in [1.54, 1.807) is 18.2 Å². The monoisotopic (exact) mass is 404 g/mol. The highest BCUT2D eigenvalue weighted by Crippen LogP contribution is 2.30. The Bertz CT molecular complexity index is 829. The Morgan fingerprint density at radius 1 is 1.43 bits per heavy atom. The van der Waals surface area contributed by atoms with E-state index in [4.69, 9.17) is 10.00 Å².